The lowest BCUT2D eigenvalue weighted by atomic mass is 9.86. The van der Waals surface area contributed by atoms with E-state index in [1.54, 1.807) is 24.3 Å². The Labute approximate surface area is 207 Å². The van der Waals surface area contributed by atoms with Crippen LogP contribution in [0, 0.1) is 23.7 Å². The molecule has 0 aliphatic heterocycles. The van der Waals surface area contributed by atoms with Crippen molar-refractivity contribution in [1.29, 1.82) is 0 Å². The van der Waals surface area contributed by atoms with Crippen LogP contribution >= 0.6 is 0 Å². The average molecular weight is 497 g/mol. The maximum Gasteiger partial charge on any atom is 0.268 e. The van der Waals surface area contributed by atoms with E-state index < -0.39 is 42.1 Å². The summed E-state index contributed by atoms with van der Waals surface area (Å²) >= 11 is 0. The second kappa shape index (κ2) is 13.0. The van der Waals surface area contributed by atoms with E-state index in [4.69, 9.17) is 10.3 Å². The maximum absolute atomic E-state index is 14.0. The number of halogens is 2. The summed E-state index contributed by atoms with van der Waals surface area (Å²) < 4.78 is 28.0. The molecule has 0 aliphatic rings. The van der Waals surface area contributed by atoms with E-state index in [0.29, 0.717) is 5.56 Å². The number of hydroxylamine groups is 1. The first-order valence-electron chi connectivity index (χ1n) is 10.8. The van der Waals surface area contributed by atoms with Crippen molar-refractivity contribution in [2.45, 2.75) is 44.9 Å². The minimum atomic E-state index is -3.24. The predicted octanol–water partition coefficient (Wildman–Crippen LogP) is 1.74. The molecule has 0 heterocycles. The summed E-state index contributed by atoms with van der Waals surface area (Å²) in [6.07, 6.45) is -3.65. The van der Waals surface area contributed by atoms with E-state index in [1.165, 1.54) is 36.7 Å². The molecular weight excluding hydrogens is 472 g/mol. The fourth-order valence-electron chi connectivity index (χ4n) is 3.34. The average Bonchev–Trinajstić information content (AvgIpc) is 2.88. The first-order chi connectivity index (χ1) is 17.2. The molecule has 0 aliphatic carbocycles. The Morgan fingerprint density at radius 1 is 0.972 bits per heavy atom. The van der Waals surface area contributed by atoms with Crippen LogP contribution in [0.5, 0.6) is 0 Å². The molecule has 36 heavy (non-hydrogen) atoms. The predicted molar refractivity (Wildman–Crippen MR) is 127 cm³/mol. The maximum atomic E-state index is 14.0. The molecule has 0 radical (unpaired) electrons. The molecule has 5 N–H and O–H groups in total. The fraction of sp³-hybridized carbons (Fsp3) is 0.269. The zero-order valence-corrected chi connectivity index (χ0v) is 19.6. The van der Waals surface area contributed by atoms with Crippen LogP contribution in [-0.4, -0.2) is 46.0 Å². The molecule has 0 fully saturated rings. The zero-order valence-electron chi connectivity index (χ0n) is 19.6. The minimum Gasteiger partial charge on any atom is -0.392 e. The van der Waals surface area contributed by atoms with Crippen molar-refractivity contribution >= 4 is 17.7 Å². The summed E-state index contributed by atoms with van der Waals surface area (Å²) in [5.74, 6) is 8.00. The Hall–Kier alpha value is -4.25. The third-order valence-corrected chi connectivity index (χ3v) is 5.31. The summed E-state index contributed by atoms with van der Waals surface area (Å²) in [6, 6.07) is 10.8. The second-order valence-corrected chi connectivity index (χ2v) is 7.69. The standard InChI is InChI=1S/C26H25F2N3O5/c1-3-26(25(27)28,30-17(2)33)22(24(35)31-36)29-23(34)21-14-12-19(13-15-21)7-5-4-6-18-8-10-20(16-32)11-9-18/h8-15,22,25,32,36H,3,16H2,1-2H3,(H,29,34)(H,30,33)(H,31,35). The molecule has 2 atom stereocenters. The highest BCUT2D eigenvalue weighted by Gasteiger charge is 2.50. The number of aliphatic hydroxyl groups excluding tert-OH is 1. The smallest absolute Gasteiger partial charge is 0.268 e. The Morgan fingerprint density at radius 2 is 1.50 bits per heavy atom. The Balaban J connectivity index is 2.19. The Kier molecular flexibility index (Phi) is 10.1. The first kappa shape index (κ1) is 28.0. The molecule has 2 unspecified atom stereocenters. The number of aliphatic hydroxyl groups is 1. The number of carbonyl (C=O) groups excluding carboxylic acids is 3. The summed E-state index contributed by atoms with van der Waals surface area (Å²) in [6.45, 7) is 2.25. The van der Waals surface area contributed by atoms with Crippen molar-refractivity contribution in [3.63, 3.8) is 0 Å². The van der Waals surface area contributed by atoms with Gasteiger partial charge in [-0.05, 0) is 60.2 Å². The Morgan fingerprint density at radius 3 is 1.92 bits per heavy atom. The highest BCUT2D eigenvalue weighted by Crippen LogP contribution is 2.25. The fourth-order valence-corrected chi connectivity index (χ4v) is 3.34. The van der Waals surface area contributed by atoms with Crippen molar-refractivity contribution in [3.05, 3.63) is 70.8 Å². The summed E-state index contributed by atoms with van der Waals surface area (Å²) in [5, 5.41) is 22.3. The third kappa shape index (κ3) is 7.12. The van der Waals surface area contributed by atoms with Crippen LogP contribution < -0.4 is 16.1 Å². The molecule has 2 rings (SSSR count). The van der Waals surface area contributed by atoms with Gasteiger partial charge in [-0.15, -0.1) is 0 Å². The highest BCUT2D eigenvalue weighted by atomic mass is 19.3. The van der Waals surface area contributed by atoms with E-state index in [2.05, 4.69) is 34.3 Å². The molecular formula is C26H25F2N3O5. The molecule has 0 bridgehead atoms. The van der Waals surface area contributed by atoms with Crippen molar-refractivity contribution < 1.29 is 33.5 Å². The molecule has 0 saturated heterocycles. The first-order valence-corrected chi connectivity index (χ1v) is 10.8. The Bertz CT molecular complexity index is 1210. The zero-order chi connectivity index (χ0) is 26.7. The van der Waals surface area contributed by atoms with Gasteiger partial charge in [-0.2, -0.15) is 0 Å². The summed E-state index contributed by atoms with van der Waals surface area (Å²) in [4.78, 5) is 36.5. The van der Waals surface area contributed by atoms with Gasteiger partial charge in [-0.25, -0.2) is 14.3 Å². The van der Waals surface area contributed by atoms with Crippen LogP contribution in [0.1, 0.15) is 47.3 Å². The van der Waals surface area contributed by atoms with E-state index in [-0.39, 0.29) is 12.2 Å². The van der Waals surface area contributed by atoms with Crippen molar-refractivity contribution in [2.24, 2.45) is 0 Å². The lowest BCUT2D eigenvalue weighted by molar-refractivity contribution is -0.138. The topological polar surface area (TPSA) is 128 Å². The molecule has 2 aromatic carbocycles. The lowest BCUT2D eigenvalue weighted by Crippen LogP contribution is -2.69. The molecule has 188 valence electrons. The van der Waals surface area contributed by atoms with Crippen molar-refractivity contribution in [3.8, 4) is 23.7 Å². The third-order valence-electron chi connectivity index (χ3n) is 5.31. The number of nitrogens with one attached hydrogen (secondary N) is 3. The number of hydrogen-bond donors (Lipinski definition) is 5. The molecule has 8 nitrogen and oxygen atoms in total. The molecule has 3 amide bonds. The number of hydrogen-bond acceptors (Lipinski definition) is 5. The van der Waals surface area contributed by atoms with Gasteiger partial charge < -0.3 is 15.7 Å². The van der Waals surface area contributed by atoms with Gasteiger partial charge in [0, 0.05) is 23.6 Å². The van der Waals surface area contributed by atoms with E-state index in [1.807, 2.05) is 0 Å². The monoisotopic (exact) mass is 497 g/mol. The van der Waals surface area contributed by atoms with E-state index in [9.17, 15) is 23.2 Å². The minimum absolute atomic E-state index is 0.0356. The van der Waals surface area contributed by atoms with E-state index in [0.717, 1.165) is 18.1 Å². The summed E-state index contributed by atoms with van der Waals surface area (Å²) in [5.41, 5.74) is 0.866. The van der Waals surface area contributed by atoms with Gasteiger partial charge in [0.2, 0.25) is 5.91 Å². The highest BCUT2D eigenvalue weighted by molar-refractivity contribution is 5.98. The van der Waals surface area contributed by atoms with Crippen LogP contribution in [0.25, 0.3) is 0 Å². The van der Waals surface area contributed by atoms with Crippen molar-refractivity contribution in [2.75, 3.05) is 0 Å². The quantitative estimate of drug-likeness (QED) is 0.216. The number of rotatable bonds is 8. The second-order valence-electron chi connectivity index (χ2n) is 7.69. The van der Waals surface area contributed by atoms with Crippen molar-refractivity contribution in [1.82, 2.24) is 16.1 Å². The molecule has 0 spiro atoms. The van der Waals surface area contributed by atoms with Crippen LogP contribution in [0.4, 0.5) is 8.78 Å². The molecule has 2 aromatic rings. The van der Waals surface area contributed by atoms with Gasteiger partial charge in [0.15, 0.2) is 0 Å². The van der Waals surface area contributed by atoms with Crippen LogP contribution in [0.15, 0.2) is 48.5 Å². The van der Waals surface area contributed by atoms with Gasteiger partial charge in [-0.3, -0.25) is 19.6 Å². The molecule has 0 aromatic heterocycles. The number of amides is 3. The normalized spacial score (nSPS) is 12.6. The SMILES string of the molecule is CCC(NC(C)=O)(C(F)F)C(NC(=O)c1ccc(C#CC#Cc2ccc(CO)cc2)cc1)C(=O)NO. The summed E-state index contributed by atoms with van der Waals surface area (Å²) in [7, 11) is 0. The number of alkyl halides is 2. The van der Waals surface area contributed by atoms with Gasteiger partial charge in [0.25, 0.3) is 18.2 Å². The number of benzene rings is 2. The van der Waals surface area contributed by atoms with Crippen LogP contribution in [-0.2, 0) is 16.2 Å². The van der Waals surface area contributed by atoms with Gasteiger partial charge in [0.1, 0.15) is 11.6 Å². The largest absolute Gasteiger partial charge is 0.392 e. The van der Waals surface area contributed by atoms with Gasteiger partial charge in [-0.1, -0.05) is 30.9 Å². The van der Waals surface area contributed by atoms with E-state index >= 15 is 0 Å². The lowest BCUT2D eigenvalue weighted by Gasteiger charge is -2.38. The van der Waals surface area contributed by atoms with Gasteiger partial charge in [0.05, 0.1) is 6.61 Å². The molecule has 10 heteroatoms. The number of carbonyl (C=O) groups is 3. The van der Waals surface area contributed by atoms with Gasteiger partial charge >= 0.3 is 0 Å². The molecule has 0 saturated carbocycles. The van der Waals surface area contributed by atoms with Crippen LogP contribution in [0.3, 0.4) is 0 Å². The van der Waals surface area contributed by atoms with Crippen LogP contribution in [0.2, 0.25) is 0 Å².